The molecule has 0 radical (unpaired) electrons. The molecule has 0 aliphatic carbocycles. The standard InChI is InChI=1S/C11H10ClNO/c12-6-8-14-10-5-1-3-9-4-2-7-13-11(9)10/h1-5,7H,6,8H2. The average molecular weight is 208 g/mol. The molecule has 72 valence electrons. The van der Waals surface area contributed by atoms with E-state index in [9.17, 15) is 0 Å². The van der Waals surface area contributed by atoms with Crippen molar-refractivity contribution < 1.29 is 4.74 Å². The molecule has 0 atom stereocenters. The van der Waals surface area contributed by atoms with Crippen molar-refractivity contribution in [2.24, 2.45) is 0 Å². The molecule has 0 unspecified atom stereocenters. The topological polar surface area (TPSA) is 22.1 Å². The molecule has 0 N–H and O–H groups in total. The molecular formula is C11H10ClNO. The number of halogens is 1. The number of pyridine rings is 1. The Hall–Kier alpha value is -1.28. The van der Waals surface area contributed by atoms with E-state index in [2.05, 4.69) is 4.98 Å². The van der Waals surface area contributed by atoms with Gasteiger partial charge in [0.1, 0.15) is 17.9 Å². The van der Waals surface area contributed by atoms with Crippen molar-refractivity contribution >= 4 is 22.5 Å². The van der Waals surface area contributed by atoms with Crippen molar-refractivity contribution in [2.45, 2.75) is 0 Å². The Morgan fingerprint density at radius 1 is 1.21 bits per heavy atom. The van der Waals surface area contributed by atoms with Crippen LogP contribution in [0.2, 0.25) is 0 Å². The fraction of sp³-hybridized carbons (Fsp3) is 0.182. The minimum absolute atomic E-state index is 0.489. The zero-order chi connectivity index (χ0) is 9.80. The average Bonchev–Trinajstić information content (AvgIpc) is 2.26. The Morgan fingerprint density at radius 3 is 2.93 bits per heavy atom. The molecule has 0 aliphatic rings. The largest absolute Gasteiger partial charge is 0.490 e. The number of ether oxygens (including phenoxy) is 1. The van der Waals surface area contributed by atoms with Crippen LogP contribution < -0.4 is 4.74 Å². The molecule has 0 fully saturated rings. The smallest absolute Gasteiger partial charge is 0.145 e. The summed E-state index contributed by atoms with van der Waals surface area (Å²) in [6.45, 7) is 0.511. The number of rotatable bonds is 3. The van der Waals surface area contributed by atoms with Gasteiger partial charge in [0.05, 0.1) is 5.88 Å². The van der Waals surface area contributed by atoms with E-state index in [0.717, 1.165) is 16.7 Å². The van der Waals surface area contributed by atoms with Gasteiger partial charge in [0.15, 0.2) is 0 Å². The van der Waals surface area contributed by atoms with Crippen LogP contribution in [0.3, 0.4) is 0 Å². The van der Waals surface area contributed by atoms with E-state index in [0.29, 0.717) is 12.5 Å². The second-order valence-corrected chi connectivity index (χ2v) is 3.25. The summed E-state index contributed by atoms with van der Waals surface area (Å²) >= 11 is 5.56. The first kappa shape index (κ1) is 9.28. The first-order valence-electron chi connectivity index (χ1n) is 4.44. The minimum atomic E-state index is 0.489. The number of fused-ring (bicyclic) bond motifs is 1. The number of benzene rings is 1. The van der Waals surface area contributed by atoms with E-state index in [1.807, 2.05) is 30.3 Å². The Labute approximate surface area is 87.5 Å². The zero-order valence-electron chi connectivity index (χ0n) is 7.61. The van der Waals surface area contributed by atoms with Crippen LogP contribution in [0.15, 0.2) is 36.5 Å². The van der Waals surface area contributed by atoms with Crippen LogP contribution in [-0.2, 0) is 0 Å². The van der Waals surface area contributed by atoms with Gasteiger partial charge in [-0.1, -0.05) is 18.2 Å². The van der Waals surface area contributed by atoms with Gasteiger partial charge in [-0.25, -0.2) is 0 Å². The number of hydrogen-bond acceptors (Lipinski definition) is 2. The van der Waals surface area contributed by atoms with Crippen LogP contribution in [0.5, 0.6) is 5.75 Å². The molecule has 0 amide bonds. The van der Waals surface area contributed by atoms with Gasteiger partial charge in [-0.15, -0.1) is 11.6 Å². The van der Waals surface area contributed by atoms with E-state index in [1.165, 1.54) is 0 Å². The molecule has 0 spiro atoms. The molecule has 0 saturated carbocycles. The maximum atomic E-state index is 5.56. The third-order valence-corrected chi connectivity index (χ3v) is 2.08. The highest BCUT2D eigenvalue weighted by Gasteiger charge is 2.01. The summed E-state index contributed by atoms with van der Waals surface area (Å²) in [6.07, 6.45) is 1.76. The quantitative estimate of drug-likeness (QED) is 0.723. The second kappa shape index (κ2) is 4.29. The van der Waals surface area contributed by atoms with Crippen LogP contribution in [0, 0.1) is 0 Å². The van der Waals surface area contributed by atoms with Gasteiger partial charge < -0.3 is 4.74 Å². The number of alkyl halides is 1. The summed E-state index contributed by atoms with van der Waals surface area (Å²) in [5.74, 6) is 1.28. The van der Waals surface area contributed by atoms with Crippen molar-refractivity contribution in [3.63, 3.8) is 0 Å². The number of aromatic nitrogens is 1. The first-order chi connectivity index (χ1) is 6.92. The second-order valence-electron chi connectivity index (χ2n) is 2.87. The molecule has 2 nitrogen and oxygen atoms in total. The predicted molar refractivity (Wildman–Crippen MR) is 58.0 cm³/mol. The summed E-state index contributed by atoms with van der Waals surface area (Å²) in [4.78, 5) is 4.27. The van der Waals surface area contributed by atoms with E-state index < -0.39 is 0 Å². The van der Waals surface area contributed by atoms with E-state index in [1.54, 1.807) is 6.20 Å². The molecule has 1 aromatic heterocycles. The van der Waals surface area contributed by atoms with Crippen LogP contribution in [-0.4, -0.2) is 17.5 Å². The number of para-hydroxylation sites is 1. The van der Waals surface area contributed by atoms with Crippen LogP contribution in [0.25, 0.3) is 10.9 Å². The van der Waals surface area contributed by atoms with Crippen LogP contribution >= 0.6 is 11.6 Å². The normalized spacial score (nSPS) is 10.4. The zero-order valence-corrected chi connectivity index (χ0v) is 8.37. The molecule has 0 aliphatic heterocycles. The first-order valence-corrected chi connectivity index (χ1v) is 4.98. The Bertz CT molecular complexity index is 425. The van der Waals surface area contributed by atoms with Crippen LogP contribution in [0.4, 0.5) is 0 Å². The van der Waals surface area contributed by atoms with Gasteiger partial charge in [-0.05, 0) is 12.1 Å². The van der Waals surface area contributed by atoms with Gasteiger partial charge in [-0.2, -0.15) is 0 Å². The molecule has 0 bridgehead atoms. The Kier molecular flexibility index (Phi) is 2.84. The van der Waals surface area contributed by atoms with Gasteiger partial charge in [0.2, 0.25) is 0 Å². The molecule has 2 rings (SSSR count). The highest BCUT2D eigenvalue weighted by molar-refractivity contribution is 6.18. The summed E-state index contributed by atoms with van der Waals surface area (Å²) in [5.41, 5.74) is 0.889. The van der Waals surface area contributed by atoms with E-state index in [4.69, 9.17) is 16.3 Å². The lowest BCUT2D eigenvalue weighted by Gasteiger charge is -2.06. The molecule has 1 aromatic carbocycles. The third kappa shape index (κ3) is 1.80. The number of hydrogen-bond donors (Lipinski definition) is 0. The van der Waals surface area contributed by atoms with Gasteiger partial charge >= 0.3 is 0 Å². The van der Waals surface area contributed by atoms with Crippen molar-refractivity contribution in [3.8, 4) is 5.75 Å². The highest BCUT2D eigenvalue weighted by Crippen LogP contribution is 2.22. The fourth-order valence-electron chi connectivity index (χ4n) is 1.34. The van der Waals surface area contributed by atoms with Gasteiger partial charge in [0, 0.05) is 11.6 Å². The SMILES string of the molecule is ClCCOc1cccc2cccnc12. The van der Waals surface area contributed by atoms with Gasteiger partial charge in [0.25, 0.3) is 0 Å². The minimum Gasteiger partial charge on any atom is -0.490 e. The van der Waals surface area contributed by atoms with E-state index in [-0.39, 0.29) is 0 Å². The maximum Gasteiger partial charge on any atom is 0.145 e. The molecule has 0 saturated heterocycles. The van der Waals surface area contributed by atoms with Crippen molar-refractivity contribution in [1.29, 1.82) is 0 Å². The maximum absolute atomic E-state index is 5.56. The summed E-state index contributed by atoms with van der Waals surface area (Å²) in [6, 6.07) is 9.79. The Morgan fingerprint density at radius 2 is 2.07 bits per heavy atom. The number of nitrogens with zero attached hydrogens (tertiary/aromatic N) is 1. The van der Waals surface area contributed by atoms with Crippen molar-refractivity contribution in [1.82, 2.24) is 4.98 Å². The molecule has 3 heteroatoms. The van der Waals surface area contributed by atoms with E-state index >= 15 is 0 Å². The van der Waals surface area contributed by atoms with Gasteiger partial charge in [-0.3, -0.25) is 4.98 Å². The lowest BCUT2D eigenvalue weighted by molar-refractivity contribution is 0.346. The lowest BCUT2D eigenvalue weighted by Crippen LogP contribution is -1.98. The third-order valence-electron chi connectivity index (χ3n) is 1.93. The molecular weight excluding hydrogens is 198 g/mol. The molecule has 2 aromatic rings. The summed E-state index contributed by atoms with van der Waals surface area (Å²) < 4.78 is 5.47. The predicted octanol–water partition coefficient (Wildman–Crippen LogP) is 2.85. The summed E-state index contributed by atoms with van der Waals surface area (Å²) in [5, 5.41) is 1.08. The highest BCUT2D eigenvalue weighted by atomic mass is 35.5. The van der Waals surface area contributed by atoms with Crippen LogP contribution in [0.1, 0.15) is 0 Å². The fourth-order valence-corrected chi connectivity index (χ4v) is 1.42. The van der Waals surface area contributed by atoms with Crippen molar-refractivity contribution in [3.05, 3.63) is 36.5 Å². The Balaban J connectivity index is 2.43. The molecule has 14 heavy (non-hydrogen) atoms. The van der Waals surface area contributed by atoms with Crippen molar-refractivity contribution in [2.75, 3.05) is 12.5 Å². The lowest BCUT2D eigenvalue weighted by atomic mass is 10.2. The molecule has 1 heterocycles. The monoisotopic (exact) mass is 207 g/mol. The summed E-state index contributed by atoms with van der Waals surface area (Å²) in [7, 11) is 0.